The molecule has 1 aliphatic carbocycles. The zero-order valence-electron chi connectivity index (χ0n) is 11.0. The maximum atomic E-state index is 12.4. The number of carbonyl (C=O) groups excluding carboxylic acids is 2. The van der Waals surface area contributed by atoms with Crippen LogP contribution in [0.25, 0.3) is 0 Å². The van der Waals surface area contributed by atoms with E-state index in [0.29, 0.717) is 18.6 Å². The lowest BCUT2D eigenvalue weighted by Gasteiger charge is -2.14. The highest BCUT2D eigenvalue weighted by atomic mass is 16.6. The van der Waals surface area contributed by atoms with Gasteiger partial charge in [0.05, 0.1) is 11.6 Å². The minimum absolute atomic E-state index is 0.00411. The molecule has 0 N–H and O–H groups in total. The van der Waals surface area contributed by atoms with E-state index in [0.717, 1.165) is 24.1 Å². The second-order valence-electron chi connectivity index (χ2n) is 4.98. The first kappa shape index (κ1) is 12.8. The Morgan fingerprint density at radius 3 is 2.95 bits per heavy atom. The lowest BCUT2D eigenvalue weighted by Crippen LogP contribution is -2.24. The van der Waals surface area contributed by atoms with Gasteiger partial charge in [-0.15, -0.1) is 0 Å². The average Bonchev–Trinajstić information content (AvgIpc) is 3.01. The summed E-state index contributed by atoms with van der Waals surface area (Å²) in [6.45, 7) is 0.581. The average molecular weight is 269 g/mol. The third-order valence-corrected chi connectivity index (χ3v) is 3.60. The van der Waals surface area contributed by atoms with Crippen LogP contribution in [0.15, 0.2) is 41.6 Å². The molecule has 0 radical (unpaired) electrons. The van der Waals surface area contributed by atoms with E-state index in [-0.39, 0.29) is 11.6 Å². The minimum Gasteiger partial charge on any atom is -0.395 e. The van der Waals surface area contributed by atoms with Gasteiger partial charge < -0.3 is 4.84 Å². The molecule has 0 spiro atoms. The number of nitrogens with zero attached hydrogens (tertiary/aromatic N) is 1. The molecule has 20 heavy (non-hydrogen) atoms. The molecular weight excluding hydrogens is 254 g/mol. The van der Waals surface area contributed by atoms with Gasteiger partial charge in [-0.3, -0.25) is 9.59 Å². The van der Waals surface area contributed by atoms with Crippen LogP contribution in [0.1, 0.15) is 35.2 Å². The van der Waals surface area contributed by atoms with Crippen molar-refractivity contribution in [2.75, 3.05) is 6.61 Å². The molecule has 1 heterocycles. The van der Waals surface area contributed by atoms with Crippen molar-refractivity contribution in [2.45, 2.75) is 19.3 Å². The van der Waals surface area contributed by atoms with Crippen LogP contribution >= 0.6 is 0 Å². The Balaban J connectivity index is 1.88. The Morgan fingerprint density at radius 2 is 2.20 bits per heavy atom. The number of allylic oxidation sites excluding steroid dienone is 2. The van der Waals surface area contributed by atoms with Crippen LogP contribution in [0, 0.1) is 5.92 Å². The highest BCUT2D eigenvalue weighted by molar-refractivity contribution is 6.13. The molecule has 0 fully saturated rings. The van der Waals surface area contributed by atoms with Crippen molar-refractivity contribution in [3.63, 3.8) is 0 Å². The quantitative estimate of drug-likeness (QED) is 0.481. The number of hydrogen-bond donors (Lipinski definition) is 0. The summed E-state index contributed by atoms with van der Waals surface area (Å²) in [5.74, 6) is -0.752. The summed E-state index contributed by atoms with van der Waals surface area (Å²) in [6, 6.07) is 7.27. The Kier molecular flexibility index (Phi) is 3.46. The summed E-state index contributed by atoms with van der Waals surface area (Å²) in [6.07, 6.45) is 5.56. The van der Waals surface area contributed by atoms with Gasteiger partial charge in [0, 0.05) is 24.0 Å². The fourth-order valence-corrected chi connectivity index (χ4v) is 2.49. The molecule has 0 saturated heterocycles. The molecule has 0 saturated carbocycles. The summed E-state index contributed by atoms with van der Waals surface area (Å²) in [7, 11) is 0. The van der Waals surface area contributed by atoms with Crippen LogP contribution in [0.5, 0.6) is 0 Å². The summed E-state index contributed by atoms with van der Waals surface area (Å²) in [4.78, 5) is 29.3. The number of carbonyl (C=O) groups is 2. The molecule has 2 aliphatic rings. The van der Waals surface area contributed by atoms with Crippen molar-refractivity contribution in [1.29, 1.82) is 0 Å². The largest absolute Gasteiger partial charge is 0.395 e. The van der Waals surface area contributed by atoms with Crippen LogP contribution in [0.3, 0.4) is 0 Å². The molecule has 102 valence electrons. The van der Waals surface area contributed by atoms with E-state index >= 15 is 0 Å². The maximum absolute atomic E-state index is 12.4. The summed E-state index contributed by atoms with van der Waals surface area (Å²) in [5.41, 5.74) is 2.30. The molecule has 0 bridgehead atoms. The highest BCUT2D eigenvalue weighted by Crippen LogP contribution is 2.20. The Morgan fingerprint density at radius 1 is 1.30 bits per heavy atom. The van der Waals surface area contributed by atoms with Gasteiger partial charge in [-0.25, -0.2) is 0 Å². The van der Waals surface area contributed by atoms with Crippen molar-refractivity contribution in [3.8, 4) is 0 Å². The predicted octanol–water partition coefficient (Wildman–Crippen LogP) is 2.53. The number of hydrogen-bond acceptors (Lipinski definition) is 4. The summed E-state index contributed by atoms with van der Waals surface area (Å²) < 4.78 is 0. The highest BCUT2D eigenvalue weighted by Gasteiger charge is 2.26. The van der Waals surface area contributed by atoms with Gasteiger partial charge in [-0.1, -0.05) is 35.5 Å². The first-order valence-electron chi connectivity index (χ1n) is 6.78. The molecule has 4 heteroatoms. The van der Waals surface area contributed by atoms with Crippen LogP contribution in [-0.2, 0) is 9.63 Å². The summed E-state index contributed by atoms with van der Waals surface area (Å²) in [5, 5.41) is 3.96. The Bertz CT molecular complexity index is 616. The second kappa shape index (κ2) is 5.41. The molecule has 0 aromatic heterocycles. The smallest absolute Gasteiger partial charge is 0.177 e. The molecular formula is C16H15NO3. The molecule has 1 aliphatic heterocycles. The van der Waals surface area contributed by atoms with Crippen LogP contribution in [-0.4, -0.2) is 23.9 Å². The van der Waals surface area contributed by atoms with Crippen molar-refractivity contribution >= 4 is 17.3 Å². The number of rotatable bonds is 3. The fraction of sp³-hybridized carbons (Fsp3) is 0.312. The first-order valence-corrected chi connectivity index (χ1v) is 6.78. The zero-order valence-corrected chi connectivity index (χ0v) is 11.0. The second-order valence-corrected chi connectivity index (χ2v) is 4.98. The first-order chi connectivity index (χ1) is 9.75. The molecule has 1 aromatic rings. The fourth-order valence-electron chi connectivity index (χ4n) is 2.49. The standard InChI is InChI=1S/C16H15NO3/c18-15-7-2-1-6-13(15)16(19)12-5-3-4-11(10-12)14-8-9-20-17-14/h1,3-6,10,13H,2,7-9H2. The molecule has 4 nitrogen and oxygen atoms in total. The summed E-state index contributed by atoms with van der Waals surface area (Å²) >= 11 is 0. The molecule has 3 rings (SSSR count). The van der Waals surface area contributed by atoms with Gasteiger partial charge in [0.1, 0.15) is 12.4 Å². The third-order valence-electron chi connectivity index (χ3n) is 3.60. The maximum Gasteiger partial charge on any atom is 0.177 e. The van der Waals surface area contributed by atoms with Crippen LogP contribution < -0.4 is 0 Å². The van der Waals surface area contributed by atoms with Gasteiger partial charge in [-0.2, -0.15) is 0 Å². The molecule has 1 unspecified atom stereocenters. The topological polar surface area (TPSA) is 55.7 Å². The van der Waals surface area contributed by atoms with E-state index in [9.17, 15) is 9.59 Å². The predicted molar refractivity (Wildman–Crippen MR) is 74.7 cm³/mol. The third kappa shape index (κ3) is 2.41. The SMILES string of the molecule is O=C1CCC=CC1C(=O)c1cccc(C2=NOCC2)c1. The number of oxime groups is 1. The van der Waals surface area contributed by atoms with E-state index in [1.807, 2.05) is 18.2 Å². The van der Waals surface area contributed by atoms with Crippen molar-refractivity contribution < 1.29 is 14.4 Å². The van der Waals surface area contributed by atoms with Crippen molar-refractivity contribution in [3.05, 3.63) is 47.5 Å². The van der Waals surface area contributed by atoms with Gasteiger partial charge in [0.25, 0.3) is 0 Å². The monoisotopic (exact) mass is 269 g/mol. The lowest BCUT2D eigenvalue weighted by atomic mass is 9.87. The lowest BCUT2D eigenvalue weighted by molar-refractivity contribution is -0.120. The molecule has 1 aromatic carbocycles. The van der Waals surface area contributed by atoms with Gasteiger partial charge >= 0.3 is 0 Å². The van der Waals surface area contributed by atoms with Crippen LogP contribution in [0.2, 0.25) is 0 Å². The Hall–Kier alpha value is -2.23. The van der Waals surface area contributed by atoms with E-state index in [1.165, 1.54) is 0 Å². The minimum atomic E-state index is -0.624. The van der Waals surface area contributed by atoms with Crippen LogP contribution in [0.4, 0.5) is 0 Å². The molecule has 0 amide bonds. The van der Waals surface area contributed by atoms with Gasteiger partial charge in [0.15, 0.2) is 5.78 Å². The molecule has 1 atom stereocenters. The van der Waals surface area contributed by atoms with E-state index in [4.69, 9.17) is 4.84 Å². The normalized spacial score (nSPS) is 21.5. The number of benzene rings is 1. The van der Waals surface area contributed by atoms with E-state index in [2.05, 4.69) is 5.16 Å². The Labute approximate surface area is 117 Å². The van der Waals surface area contributed by atoms with Gasteiger partial charge in [-0.05, 0) is 12.5 Å². The zero-order chi connectivity index (χ0) is 13.9. The number of Topliss-reactive ketones (excluding diaryl/α,β-unsaturated/α-hetero) is 2. The van der Waals surface area contributed by atoms with Crippen molar-refractivity contribution in [1.82, 2.24) is 0 Å². The van der Waals surface area contributed by atoms with Gasteiger partial charge in [0.2, 0.25) is 0 Å². The van der Waals surface area contributed by atoms with E-state index in [1.54, 1.807) is 18.2 Å². The van der Waals surface area contributed by atoms with E-state index < -0.39 is 5.92 Å². The van der Waals surface area contributed by atoms with Crippen molar-refractivity contribution in [2.24, 2.45) is 11.1 Å². The number of ketones is 2.